The van der Waals surface area contributed by atoms with Gasteiger partial charge < -0.3 is 0 Å². The SMILES string of the molecule is COP(OC)(OC)(OC)OC. The molecule has 0 spiro atoms. The van der Waals surface area contributed by atoms with Crippen LogP contribution in [-0.4, -0.2) is 35.5 Å². The molecule has 0 heterocycles. The van der Waals surface area contributed by atoms with Crippen LogP contribution in [0.2, 0.25) is 0 Å². The molecule has 6 heteroatoms. The molecule has 0 aliphatic rings. The van der Waals surface area contributed by atoms with Crippen LogP contribution in [0.15, 0.2) is 0 Å². The third-order valence-corrected chi connectivity index (χ3v) is 4.47. The van der Waals surface area contributed by atoms with Crippen molar-refractivity contribution in [3.05, 3.63) is 0 Å². The van der Waals surface area contributed by atoms with E-state index in [9.17, 15) is 0 Å². The van der Waals surface area contributed by atoms with Crippen LogP contribution in [-0.2, 0) is 22.6 Å². The van der Waals surface area contributed by atoms with Crippen LogP contribution in [0.1, 0.15) is 0 Å². The second-order valence-corrected chi connectivity index (χ2v) is 4.97. The summed E-state index contributed by atoms with van der Waals surface area (Å²) < 4.78 is 24.8. The number of hydrogen-bond donors (Lipinski definition) is 0. The van der Waals surface area contributed by atoms with Gasteiger partial charge in [-0.25, -0.2) is 0 Å². The van der Waals surface area contributed by atoms with Crippen LogP contribution in [0.3, 0.4) is 0 Å². The van der Waals surface area contributed by atoms with Crippen molar-refractivity contribution < 1.29 is 22.6 Å². The summed E-state index contributed by atoms with van der Waals surface area (Å²) in [5.74, 6) is 0. The molecule has 0 aromatic carbocycles. The maximum absolute atomic E-state index is 4.96. The second kappa shape index (κ2) is 3.76. The minimum absolute atomic E-state index is 1.40. The first-order valence-electron chi connectivity index (χ1n) is 2.95. The monoisotopic (exact) mass is 186 g/mol. The van der Waals surface area contributed by atoms with E-state index in [2.05, 4.69) is 0 Å². The number of hydrogen-bond acceptors (Lipinski definition) is 5. The summed E-state index contributed by atoms with van der Waals surface area (Å²) >= 11 is 0. The third kappa shape index (κ3) is 1.69. The molecule has 0 bridgehead atoms. The quantitative estimate of drug-likeness (QED) is 0.606. The summed E-state index contributed by atoms with van der Waals surface area (Å²) in [6.45, 7) is 0. The van der Waals surface area contributed by atoms with E-state index >= 15 is 0 Å². The molecule has 0 saturated carbocycles. The fourth-order valence-corrected chi connectivity index (χ4v) is 2.24. The molecule has 0 unspecified atom stereocenters. The van der Waals surface area contributed by atoms with Gasteiger partial charge in [-0.05, 0) is 0 Å². The van der Waals surface area contributed by atoms with Gasteiger partial charge in [0.15, 0.2) is 0 Å². The normalized spacial score (nSPS) is 15.9. The molecule has 70 valence electrons. The van der Waals surface area contributed by atoms with Crippen LogP contribution in [0.25, 0.3) is 0 Å². The van der Waals surface area contributed by atoms with E-state index in [1.54, 1.807) is 0 Å². The molecule has 5 nitrogen and oxygen atoms in total. The predicted molar refractivity (Wildman–Crippen MR) is 42.0 cm³/mol. The topological polar surface area (TPSA) is 46.2 Å². The van der Waals surface area contributed by atoms with Gasteiger partial charge in [0.2, 0.25) is 0 Å². The predicted octanol–water partition coefficient (Wildman–Crippen LogP) is 1.35. The van der Waals surface area contributed by atoms with Gasteiger partial charge in [-0.15, -0.1) is 0 Å². The molecule has 0 aromatic rings. The molecular weight excluding hydrogens is 171 g/mol. The summed E-state index contributed by atoms with van der Waals surface area (Å²) in [4.78, 5) is 0. The Bertz CT molecular complexity index is 87.2. The van der Waals surface area contributed by atoms with Crippen molar-refractivity contribution >= 4 is 7.74 Å². The van der Waals surface area contributed by atoms with Crippen LogP contribution in [0, 0.1) is 0 Å². The van der Waals surface area contributed by atoms with Crippen molar-refractivity contribution in [1.82, 2.24) is 0 Å². The average molecular weight is 186 g/mol. The Morgan fingerprint density at radius 3 is 0.727 bits per heavy atom. The van der Waals surface area contributed by atoms with E-state index < -0.39 is 7.74 Å². The Morgan fingerprint density at radius 1 is 0.545 bits per heavy atom. The summed E-state index contributed by atoms with van der Waals surface area (Å²) in [7, 11) is 3.32. The zero-order chi connectivity index (χ0) is 8.98. The van der Waals surface area contributed by atoms with Crippen LogP contribution >= 0.6 is 7.74 Å². The molecule has 0 fully saturated rings. The molecule has 0 amide bonds. The molecule has 0 atom stereocenters. The van der Waals surface area contributed by atoms with Gasteiger partial charge in [-0.2, -0.15) is 0 Å². The Morgan fingerprint density at radius 2 is 0.727 bits per heavy atom. The third-order valence-electron chi connectivity index (χ3n) is 1.49. The Labute approximate surface area is 66.9 Å². The molecule has 0 aliphatic heterocycles. The standard InChI is InChI=1S/C5H15O5P/c1-6-11(7-2,8-3,9-4)10-5/h1-5H3. The fourth-order valence-electron chi connectivity index (χ4n) is 0.745. The summed E-state index contributed by atoms with van der Waals surface area (Å²) in [6, 6.07) is 0. The Balaban J connectivity index is 4.67. The molecule has 11 heavy (non-hydrogen) atoms. The molecule has 0 aromatic heterocycles. The van der Waals surface area contributed by atoms with Gasteiger partial charge >= 0.3 is 65.9 Å². The van der Waals surface area contributed by atoms with Crippen molar-refractivity contribution in [3.63, 3.8) is 0 Å². The van der Waals surface area contributed by atoms with Gasteiger partial charge in [0.1, 0.15) is 0 Å². The first kappa shape index (κ1) is 11.2. The van der Waals surface area contributed by atoms with E-state index in [1.807, 2.05) is 0 Å². The van der Waals surface area contributed by atoms with Crippen LogP contribution < -0.4 is 0 Å². The first-order valence-corrected chi connectivity index (χ1v) is 4.78. The van der Waals surface area contributed by atoms with E-state index in [-0.39, 0.29) is 0 Å². The fraction of sp³-hybridized carbons (Fsp3) is 1.00. The first-order chi connectivity index (χ1) is 5.12. The van der Waals surface area contributed by atoms with Crippen LogP contribution in [0.5, 0.6) is 0 Å². The van der Waals surface area contributed by atoms with Gasteiger partial charge in [0.05, 0.1) is 0 Å². The molecule has 0 aliphatic carbocycles. The van der Waals surface area contributed by atoms with Crippen LogP contribution in [0.4, 0.5) is 0 Å². The van der Waals surface area contributed by atoms with Crippen molar-refractivity contribution in [1.29, 1.82) is 0 Å². The molecule has 0 radical (unpaired) electrons. The van der Waals surface area contributed by atoms with Crippen molar-refractivity contribution in [2.75, 3.05) is 35.5 Å². The van der Waals surface area contributed by atoms with Gasteiger partial charge in [0.25, 0.3) is 0 Å². The van der Waals surface area contributed by atoms with Crippen molar-refractivity contribution in [2.24, 2.45) is 0 Å². The second-order valence-electron chi connectivity index (χ2n) is 1.66. The number of rotatable bonds is 5. The molecule has 0 rings (SSSR count). The van der Waals surface area contributed by atoms with Crippen molar-refractivity contribution in [2.45, 2.75) is 0 Å². The summed E-state index contributed by atoms with van der Waals surface area (Å²) in [6.07, 6.45) is 0. The average Bonchev–Trinajstić information content (AvgIpc) is 2.12. The minimum atomic E-state index is -3.68. The summed E-state index contributed by atoms with van der Waals surface area (Å²) in [5.41, 5.74) is 0. The Kier molecular flexibility index (Phi) is 3.84. The van der Waals surface area contributed by atoms with Gasteiger partial charge in [-0.1, -0.05) is 0 Å². The molecule has 0 saturated heterocycles. The van der Waals surface area contributed by atoms with E-state index in [4.69, 9.17) is 22.6 Å². The Hall–Kier alpha value is 0.230. The maximum atomic E-state index is 4.96. The van der Waals surface area contributed by atoms with E-state index in [0.717, 1.165) is 0 Å². The zero-order valence-corrected chi connectivity index (χ0v) is 8.38. The molecular formula is C5H15O5P. The zero-order valence-electron chi connectivity index (χ0n) is 7.49. The van der Waals surface area contributed by atoms with Crippen molar-refractivity contribution in [3.8, 4) is 0 Å². The van der Waals surface area contributed by atoms with E-state index in [0.29, 0.717) is 0 Å². The van der Waals surface area contributed by atoms with Gasteiger partial charge in [0, 0.05) is 0 Å². The molecule has 0 N–H and O–H groups in total. The summed E-state index contributed by atoms with van der Waals surface area (Å²) in [5, 5.41) is 0. The van der Waals surface area contributed by atoms with E-state index in [1.165, 1.54) is 35.5 Å². The van der Waals surface area contributed by atoms with Gasteiger partial charge in [-0.3, -0.25) is 0 Å².